The minimum Gasteiger partial charge on any atom is -0.486 e. The topological polar surface area (TPSA) is 97.4 Å². The van der Waals surface area contributed by atoms with Crippen LogP contribution < -0.4 is 24.6 Å². The average molecular weight is 528 g/mol. The van der Waals surface area contributed by atoms with Gasteiger partial charge in [-0.05, 0) is 35.4 Å². The minimum atomic E-state index is -1.57. The summed E-state index contributed by atoms with van der Waals surface area (Å²) in [6, 6.07) is 21.1. The summed E-state index contributed by atoms with van der Waals surface area (Å²) in [5, 5.41) is 3.42. The molecule has 0 saturated carbocycles. The molecule has 3 aromatic rings. The molecule has 0 radical (unpaired) electrons. The summed E-state index contributed by atoms with van der Waals surface area (Å²) in [5.41, 5.74) is 1.15. The van der Waals surface area contributed by atoms with Crippen LogP contribution in [0.3, 0.4) is 0 Å². The normalized spacial score (nSPS) is 25.4. The van der Waals surface area contributed by atoms with Gasteiger partial charge in [0.05, 0.1) is 24.6 Å². The summed E-state index contributed by atoms with van der Waals surface area (Å²) in [4.78, 5) is 45.3. The number of amides is 2. The predicted molar refractivity (Wildman–Crippen MR) is 144 cm³/mol. The van der Waals surface area contributed by atoms with Gasteiger partial charge in [-0.15, -0.1) is 0 Å². The molecule has 1 N–H and O–H groups in total. The summed E-state index contributed by atoms with van der Waals surface area (Å²) in [5.74, 6) is -2.36. The van der Waals surface area contributed by atoms with Crippen LogP contribution in [0.25, 0.3) is 0 Å². The van der Waals surface area contributed by atoms with E-state index in [0.29, 0.717) is 36.0 Å². The van der Waals surface area contributed by atoms with Gasteiger partial charge in [-0.1, -0.05) is 42.5 Å². The Morgan fingerprint density at radius 3 is 2.31 bits per heavy atom. The van der Waals surface area contributed by atoms with Crippen LogP contribution in [0, 0.1) is 11.8 Å². The van der Waals surface area contributed by atoms with Gasteiger partial charge >= 0.3 is 5.97 Å². The Labute approximate surface area is 226 Å². The number of hydrogen-bond donors (Lipinski definition) is 1. The monoisotopic (exact) mass is 527 g/mol. The predicted octanol–water partition coefficient (Wildman–Crippen LogP) is 3.04. The SMILES string of the molecule is COC(=O)[C@@]1(c2ccccc2)N[C@H](c2ccc(N(C)C)cc2)[C@@H]2C(=O)N(c3ccc4c(c3)OCCO4)C(=O)[C@H]21. The standard InChI is InChI=1S/C30H29N3O6/c1-32(2)20-11-9-18(10-12-20)26-24-25(30(31-26,29(36)37-3)19-7-5-4-6-8-19)28(35)33(27(24)34)21-13-14-22-23(17-21)39-16-15-38-22/h4-14,17,24-26,31H,15-16H2,1-3H3/t24-,25+,26-,30+/m1/s1. The molecule has 0 spiro atoms. The largest absolute Gasteiger partial charge is 0.486 e. The molecular weight excluding hydrogens is 498 g/mol. The Morgan fingerprint density at radius 2 is 1.64 bits per heavy atom. The summed E-state index contributed by atoms with van der Waals surface area (Å²) in [6.45, 7) is 0.800. The van der Waals surface area contributed by atoms with Crippen molar-refractivity contribution in [1.82, 2.24) is 5.32 Å². The quantitative estimate of drug-likeness (QED) is 0.400. The highest BCUT2D eigenvalue weighted by molar-refractivity contribution is 6.24. The number of nitrogens with one attached hydrogen (secondary N) is 1. The highest BCUT2D eigenvalue weighted by Gasteiger charge is 2.69. The van der Waals surface area contributed by atoms with Gasteiger partial charge in [0.1, 0.15) is 13.2 Å². The van der Waals surface area contributed by atoms with Crippen LogP contribution in [0.4, 0.5) is 11.4 Å². The van der Waals surface area contributed by atoms with Gasteiger partial charge in [-0.2, -0.15) is 0 Å². The second-order valence-electron chi connectivity index (χ2n) is 10.1. The Hall–Kier alpha value is -4.37. The summed E-state index contributed by atoms with van der Waals surface area (Å²) in [6.07, 6.45) is 0. The molecule has 0 unspecified atom stereocenters. The number of benzene rings is 3. The lowest BCUT2D eigenvalue weighted by Gasteiger charge is -2.33. The fourth-order valence-corrected chi connectivity index (χ4v) is 6.03. The molecule has 2 saturated heterocycles. The lowest BCUT2D eigenvalue weighted by Crippen LogP contribution is -2.53. The first-order valence-corrected chi connectivity index (χ1v) is 12.8. The number of imide groups is 1. The molecule has 0 aromatic heterocycles. The van der Waals surface area contributed by atoms with E-state index in [-0.39, 0.29) is 0 Å². The number of hydrogen-bond acceptors (Lipinski definition) is 8. The highest BCUT2D eigenvalue weighted by atomic mass is 16.6. The van der Waals surface area contributed by atoms with Gasteiger partial charge in [0, 0.05) is 31.9 Å². The molecule has 0 aliphatic carbocycles. The van der Waals surface area contributed by atoms with E-state index in [9.17, 15) is 14.4 Å². The van der Waals surface area contributed by atoms with E-state index in [1.165, 1.54) is 12.0 Å². The van der Waals surface area contributed by atoms with Crippen LogP contribution in [-0.2, 0) is 24.7 Å². The Balaban J connectivity index is 1.51. The van der Waals surface area contributed by atoms with Crippen LogP contribution in [0.1, 0.15) is 17.2 Å². The summed E-state index contributed by atoms with van der Waals surface area (Å²) < 4.78 is 16.6. The zero-order valence-corrected chi connectivity index (χ0v) is 21.9. The van der Waals surface area contributed by atoms with Gasteiger partial charge in [-0.25, -0.2) is 9.69 Å². The number of carbonyl (C=O) groups is 3. The Morgan fingerprint density at radius 1 is 0.949 bits per heavy atom. The van der Waals surface area contributed by atoms with Gasteiger partial charge in [-0.3, -0.25) is 14.9 Å². The molecule has 0 bridgehead atoms. The van der Waals surface area contributed by atoms with E-state index in [2.05, 4.69) is 5.32 Å². The fourth-order valence-electron chi connectivity index (χ4n) is 6.03. The number of anilines is 2. The van der Waals surface area contributed by atoms with Gasteiger partial charge < -0.3 is 19.1 Å². The molecular formula is C30H29N3O6. The van der Waals surface area contributed by atoms with Gasteiger partial charge in [0.2, 0.25) is 11.8 Å². The van der Waals surface area contributed by atoms with E-state index in [1.54, 1.807) is 42.5 Å². The zero-order chi connectivity index (χ0) is 27.3. The first-order chi connectivity index (χ1) is 18.9. The van der Waals surface area contributed by atoms with E-state index in [4.69, 9.17) is 14.2 Å². The molecule has 2 fully saturated rings. The van der Waals surface area contributed by atoms with Crippen LogP contribution in [0.15, 0.2) is 72.8 Å². The van der Waals surface area contributed by atoms with Gasteiger partial charge in [0.15, 0.2) is 17.0 Å². The van der Waals surface area contributed by atoms with E-state index < -0.39 is 41.2 Å². The molecule has 6 rings (SSSR count). The molecule has 3 aromatic carbocycles. The Kier molecular flexibility index (Phi) is 6.03. The summed E-state index contributed by atoms with van der Waals surface area (Å²) >= 11 is 0. The number of ether oxygens (including phenoxy) is 3. The number of esters is 1. The third-order valence-corrected chi connectivity index (χ3v) is 7.85. The summed E-state index contributed by atoms with van der Waals surface area (Å²) in [7, 11) is 5.19. The molecule has 200 valence electrons. The van der Waals surface area contributed by atoms with E-state index in [1.807, 2.05) is 49.3 Å². The van der Waals surface area contributed by atoms with Crippen molar-refractivity contribution in [1.29, 1.82) is 0 Å². The molecule has 2 amide bonds. The molecule has 3 heterocycles. The van der Waals surface area contributed by atoms with Crippen molar-refractivity contribution in [2.45, 2.75) is 11.6 Å². The van der Waals surface area contributed by atoms with Gasteiger partial charge in [0.25, 0.3) is 0 Å². The molecule has 4 atom stereocenters. The molecule has 9 heteroatoms. The van der Waals surface area contributed by atoms with Crippen molar-refractivity contribution in [3.05, 3.63) is 83.9 Å². The second-order valence-corrected chi connectivity index (χ2v) is 10.1. The molecule has 39 heavy (non-hydrogen) atoms. The first kappa shape index (κ1) is 24.9. The van der Waals surface area contributed by atoms with Crippen LogP contribution in [0.2, 0.25) is 0 Å². The number of nitrogens with zero attached hydrogens (tertiary/aromatic N) is 2. The van der Waals surface area contributed by atoms with Crippen molar-refractivity contribution in [3.8, 4) is 11.5 Å². The lowest BCUT2D eigenvalue weighted by molar-refractivity contribution is -0.152. The van der Waals surface area contributed by atoms with Crippen LogP contribution in [0.5, 0.6) is 11.5 Å². The fraction of sp³-hybridized carbons (Fsp3) is 0.300. The van der Waals surface area contributed by atoms with Crippen molar-refractivity contribution in [3.63, 3.8) is 0 Å². The maximum absolute atomic E-state index is 14.3. The maximum atomic E-state index is 14.3. The average Bonchev–Trinajstić information content (AvgIpc) is 3.46. The second kappa shape index (κ2) is 9.43. The minimum absolute atomic E-state index is 0.372. The Bertz CT molecular complexity index is 1440. The number of carbonyl (C=O) groups excluding carboxylic acids is 3. The third-order valence-electron chi connectivity index (χ3n) is 7.85. The first-order valence-electron chi connectivity index (χ1n) is 12.8. The molecule has 9 nitrogen and oxygen atoms in total. The molecule has 3 aliphatic heterocycles. The van der Waals surface area contributed by atoms with E-state index in [0.717, 1.165) is 11.3 Å². The number of fused-ring (bicyclic) bond motifs is 2. The highest BCUT2D eigenvalue weighted by Crippen LogP contribution is 2.54. The third kappa shape index (κ3) is 3.76. The van der Waals surface area contributed by atoms with Crippen LogP contribution in [-0.4, -0.2) is 52.2 Å². The van der Waals surface area contributed by atoms with Crippen molar-refractivity contribution in [2.75, 3.05) is 44.2 Å². The van der Waals surface area contributed by atoms with Crippen molar-refractivity contribution in [2.24, 2.45) is 11.8 Å². The van der Waals surface area contributed by atoms with E-state index >= 15 is 0 Å². The lowest BCUT2D eigenvalue weighted by atomic mass is 9.75. The number of rotatable bonds is 5. The zero-order valence-electron chi connectivity index (χ0n) is 21.9. The van der Waals surface area contributed by atoms with Crippen molar-refractivity contribution < 1.29 is 28.6 Å². The smallest absolute Gasteiger partial charge is 0.331 e. The molecule has 3 aliphatic rings. The maximum Gasteiger partial charge on any atom is 0.331 e. The van der Waals surface area contributed by atoms with Crippen molar-refractivity contribution >= 4 is 29.2 Å². The van der Waals surface area contributed by atoms with Crippen LogP contribution >= 0.6 is 0 Å². The number of methoxy groups -OCH3 is 1.